The molecule has 0 radical (unpaired) electrons. The number of benzene rings is 2. The smallest absolute Gasteiger partial charge is 0.262 e. The number of thiocarbonyl (C=S) groups is 1. The van der Waals surface area contributed by atoms with Gasteiger partial charge in [0.1, 0.15) is 4.99 Å². The summed E-state index contributed by atoms with van der Waals surface area (Å²) in [5, 5.41) is 0. The van der Waals surface area contributed by atoms with Gasteiger partial charge in [0, 0.05) is 0 Å². The van der Waals surface area contributed by atoms with Gasteiger partial charge in [0.2, 0.25) is 0 Å². The van der Waals surface area contributed by atoms with Crippen molar-refractivity contribution in [3.05, 3.63) is 72.3 Å². The lowest BCUT2D eigenvalue weighted by atomic mass is 10.2. The topological polar surface area (TPSA) is 46.2 Å². The number of rotatable bonds is 4. The number of hydrogen-bond donors (Lipinski definition) is 1. The van der Waals surface area contributed by atoms with Crippen LogP contribution < -0.4 is 4.72 Å². The molecule has 0 saturated carbocycles. The molecule has 3 nitrogen and oxygen atoms in total. The Hall–Kier alpha value is -1.98. The lowest BCUT2D eigenvalue weighted by molar-refractivity contribution is 0.593. The molecule has 0 bridgehead atoms. The van der Waals surface area contributed by atoms with Gasteiger partial charge in [-0.2, -0.15) is 0 Å². The van der Waals surface area contributed by atoms with E-state index < -0.39 is 10.0 Å². The summed E-state index contributed by atoms with van der Waals surface area (Å²) in [5.41, 5.74) is 0.953. The standard InChI is InChI=1S/C15H13NO2S2/c17-20(18,14-9-5-2-6-10-14)16-15(19)12-11-13-7-3-1-4-8-13/h1-12H,(H,16,19). The first-order valence-corrected chi connectivity index (χ1v) is 7.82. The number of hydrogen-bond acceptors (Lipinski definition) is 3. The SMILES string of the molecule is O=S(=O)(NC(=S)C=Cc1ccccc1)c1ccccc1. The van der Waals surface area contributed by atoms with Crippen LogP contribution in [0.15, 0.2) is 71.6 Å². The van der Waals surface area contributed by atoms with E-state index in [0.717, 1.165) is 5.56 Å². The Balaban J connectivity index is 2.07. The summed E-state index contributed by atoms with van der Waals surface area (Å²) < 4.78 is 26.4. The predicted octanol–water partition coefficient (Wildman–Crippen LogP) is 3.01. The van der Waals surface area contributed by atoms with E-state index in [-0.39, 0.29) is 9.88 Å². The van der Waals surface area contributed by atoms with Crippen LogP contribution in [-0.2, 0) is 10.0 Å². The van der Waals surface area contributed by atoms with Crippen molar-refractivity contribution in [2.24, 2.45) is 0 Å². The van der Waals surface area contributed by atoms with Crippen molar-refractivity contribution in [2.45, 2.75) is 4.90 Å². The lowest BCUT2D eigenvalue weighted by Crippen LogP contribution is -2.27. The maximum Gasteiger partial charge on any atom is 0.262 e. The molecule has 2 rings (SSSR count). The zero-order valence-electron chi connectivity index (χ0n) is 10.6. The van der Waals surface area contributed by atoms with Gasteiger partial charge in [-0.3, -0.25) is 4.72 Å². The quantitative estimate of drug-likeness (QED) is 0.697. The van der Waals surface area contributed by atoms with Crippen molar-refractivity contribution in [1.82, 2.24) is 4.72 Å². The van der Waals surface area contributed by atoms with E-state index in [2.05, 4.69) is 4.72 Å². The molecule has 0 aliphatic carbocycles. The van der Waals surface area contributed by atoms with Crippen molar-refractivity contribution >= 4 is 33.3 Å². The second-order valence-corrected chi connectivity index (χ2v) is 6.15. The van der Waals surface area contributed by atoms with E-state index in [1.165, 1.54) is 12.1 Å². The van der Waals surface area contributed by atoms with Gasteiger partial charge in [-0.1, -0.05) is 66.8 Å². The third kappa shape index (κ3) is 4.01. The molecule has 20 heavy (non-hydrogen) atoms. The van der Waals surface area contributed by atoms with Gasteiger partial charge in [0.05, 0.1) is 4.90 Å². The fourth-order valence-corrected chi connectivity index (χ4v) is 2.92. The second kappa shape index (κ2) is 6.45. The highest BCUT2D eigenvalue weighted by Gasteiger charge is 2.13. The first kappa shape index (κ1) is 14.4. The van der Waals surface area contributed by atoms with Gasteiger partial charge >= 0.3 is 0 Å². The van der Waals surface area contributed by atoms with Gasteiger partial charge in [-0.25, -0.2) is 8.42 Å². The maximum atomic E-state index is 12.0. The van der Waals surface area contributed by atoms with Crippen LogP contribution in [0.1, 0.15) is 5.56 Å². The minimum absolute atomic E-state index is 0.151. The minimum atomic E-state index is -3.61. The van der Waals surface area contributed by atoms with Crippen LogP contribution in [0, 0.1) is 0 Å². The van der Waals surface area contributed by atoms with Gasteiger partial charge in [-0.15, -0.1) is 0 Å². The fourth-order valence-electron chi connectivity index (χ4n) is 1.56. The summed E-state index contributed by atoms with van der Waals surface area (Å²) in [4.78, 5) is 0.341. The van der Waals surface area contributed by atoms with Crippen LogP contribution in [0.2, 0.25) is 0 Å². The fraction of sp³-hybridized carbons (Fsp3) is 0. The Labute approximate surface area is 124 Å². The molecular formula is C15H13NO2S2. The zero-order chi connectivity index (χ0) is 14.4. The monoisotopic (exact) mass is 303 g/mol. The Bertz CT molecular complexity index is 708. The van der Waals surface area contributed by atoms with Crippen molar-refractivity contribution in [1.29, 1.82) is 0 Å². The summed E-state index contributed by atoms with van der Waals surface area (Å²) in [6.45, 7) is 0. The van der Waals surface area contributed by atoms with Crippen molar-refractivity contribution in [2.75, 3.05) is 0 Å². The van der Waals surface area contributed by atoms with E-state index in [1.807, 2.05) is 30.3 Å². The molecule has 0 aliphatic heterocycles. The normalized spacial score (nSPS) is 11.4. The van der Waals surface area contributed by atoms with Gasteiger partial charge in [0.15, 0.2) is 0 Å². The van der Waals surface area contributed by atoms with E-state index >= 15 is 0 Å². The average Bonchev–Trinajstić information content (AvgIpc) is 2.47. The third-order valence-corrected chi connectivity index (χ3v) is 4.26. The highest BCUT2D eigenvalue weighted by atomic mass is 32.2. The molecule has 0 aromatic heterocycles. The summed E-state index contributed by atoms with van der Waals surface area (Å²) in [6, 6.07) is 17.6. The molecule has 0 atom stereocenters. The van der Waals surface area contributed by atoms with Crippen LogP contribution in [-0.4, -0.2) is 13.4 Å². The molecule has 2 aromatic carbocycles. The zero-order valence-corrected chi connectivity index (χ0v) is 12.2. The summed E-state index contributed by atoms with van der Waals surface area (Å²) >= 11 is 5.02. The number of sulfonamides is 1. The predicted molar refractivity (Wildman–Crippen MR) is 84.8 cm³/mol. The molecule has 0 amide bonds. The Morgan fingerprint density at radius 2 is 1.50 bits per heavy atom. The summed E-state index contributed by atoms with van der Waals surface area (Å²) in [5.74, 6) is 0. The number of nitrogens with one attached hydrogen (secondary N) is 1. The highest BCUT2D eigenvalue weighted by molar-refractivity contribution is 7.92. The molecule has 102 valence electrons. The van der Waals surface area contributed by atoms with Crippen LogP contribution in [0.5, 0.6) is 0 Å². The summed E-state index contributed by atoms with van der Waals surface area (Å²) in [6.07, 6.45) is 3.32. The minimum Gasteiger partial charge on any atom is -0.270 e. The van der Waals surface area contributed by atoms with Gasteiger partial charge < -0.3 is 0 Å². The molecular weight excluding hydrogens is 290 g/mol. The molecule has 2 aromatic rings. The third-order valence-electron chi connectivity index (χ3n) is 2.52. The van der Waals surface area contributed by atoms with Crippen LogP contribution in [0.25, 0.3) is 6.08 Å². The van der Waals surface area contributed by atoms with E-state index in [1.54, 1.807) is 30.4 Å². The first-order valence-electron chi connectivity index (χ1n) is 5.93. The highest BCUT2D eigenvalue weighted by Crippen LogP contribution is 2.07. The molecule has 0 heterocycles. The summed E-state index contributed by atoms with van der Waals surface area (Å²) in [7, 11) is -3.61. The molecule has 0 unspecified atom stereocenters. The lowest BCUT2D eigenvalue weighted by Gasteiger charge is -2.06. The van der Waals surface area contributed by atoms with Crippen molar-refractivity contribution < 1.29 is 8.42 Å². The average molecular weight is 303 g/mol. The Morgan fingerprint density at radius 3 is 2.10 bits per heavy atom. The Kier molecular flexibility index (Phi) is 4.65. The van der Waals surface area contributed by atoms with Gasteiger partial charge in [-0.05, 0) is 23.8 Å². The molecule has 0 aliphatic rings. The van der Waals surface area contributed by atoms with Crippen molar-refractivity contribution in [3.63, 3.8) is 0 Å². The van der Waals surface area contributed by atoms with Crippen LogP contribution in [0.3, 0.4) is 0 Å². The van der Waals surface area contributed by atoms with Crippen LogP contribution in [0.4, 0.5) is 0 Å². The Morgan fingerprint density at radius 1 is 0.950 bits per heavy atom. The molecule has 5 heteroatoms. The largest absolute Gasteiger partial charge is 0.270 e. The molecule has 0 spiro atoms. The van der Waals surface area contributed by atoms with E-state index in [9.17, 15) is 8.42 Å². The van der Waals surface area contributed by atoms with E-state index in [4.69, 9.17) is 12.2 Å². The molecule has 1 N–H and O–H groups in total. The van der Waals surface area contributed by atoms with Crippen LogP contribution >= 0.6 is 12.2 Å². The van der Waals surface area contributed by atoms with Crippen molar-refractivity contribution in [3.8, 4) is 0 Å². The van der Waals surface area contributed by atoms with Gasteiger partial charge in [0.25, 0.3) is 10.0 Å². The molecule has 0 fully saturated rings. The van der Waals surface area contributed by atoms with E-state index in [0.29, 0.717) is 0 Å². The first-order chi connectivity index (χ1) is 9.58. The second-order valence-electron chi connectivity index (χ2n) is 4.03. The maximum absolute atomic E-state index is 12.0. The molecule has 0 saturated heterocycles.